The minimum Gasteiger partial charge on any atom is -0.351 e. The highest BCUT2D eigenvalue weighted by Crippen LogP contribution is 2.31. The number of anilines is 1. The van der Waals surface area contributed by atoms with Crippen molar-refractivity contribution in [3.05, 3.63) is 95.8 Å². The lowest BCUT2D eigenvalue weighted by Crippen LogP contribution is -2.47. The molecule has 1 N–H and O–H groups in total. The lowest BCUT2D eigenvalue weighted by atomic mass is 9.93. The van der Waals surface area contributed by atoms with Crippen molar-refractivity contribution < 1.29 is 9.59 Å². The number of rotatable bonds is 6. The van der Waals surface area contributed by atoms with Crippen LogP contribution in [0.3, 0.4) is 0 Å². The Balaban J connectivity index is 1.80. The van der Waals surface area contributed by atoms with Gasteiger partial charge in [-0.2, -0.15) is 0 Å². The largest absolute Gasteiger partial charge is 0.351 e. The molecule has 32 heavy (non-hydrogen) atoms. The predicted octanol–water partition coefficient (Wildman–Crippen LogP) is 5.23. The van der Waals surface area contributed by atoms with Crippen molar-refractivity contribution in [1.82, 2.24) is 10.3 Å². The van der Waals surface area contributed by atoms with Gasteiger partial charge >= 0.3 is 0 Å². The highest BCUT2D eigenvalue weighted by molar-refractivity contribution is 6.09. The fourth-order valence-corrected chi connectivity index (χ4v) is 4.40. The SMILES string of the molecule is Cc1ccccc1[C@H](C(=O)NC1CCCCC1)N(C(=O)c1ccccn1)c1ccccc1. The van der Waals surface area contributed by atoms with E-state index in [2.05, 4.69) is 10.3 Å². The van der Waals surface area contributed by atoms with Crippen LogP contribution in [0.1, 0.15) is 59.8 Å². The molecule has 2 aromatic carbocycles. The quantitative estimate of drug-likeness (QED) is 0.586. The van der Waals surface area contributed by atoms with E-state index >= 15 is 0 Å². The van der Waals surface area contributed by atoms with Crippen molar-refractivity contribution in [1.29, 1.82) is 0 Å². The Kier molecular flexibility index (Phi) is 6.95. The van der Waals surface area contributed by atoms with Gasteiger partial charge in [-0.05, 0) is 55.2 Å². The first-order valence-electron chi connectivity index (χ1n) is 11.3. The Hall–Kier alpha value is -3.47. The zero-order valence-electron chi connectivity index (χ0n) is 18.4. The second-order valence-corrected chi connectivity index (χ2v) is 8.33. The zero-order chi connectivity index (χ0) is 22.3. The Morgan fingerprint density at radius 1 is 0.906 bits per heavy atom. The summed E-state index contributed by atoms with van der Waals surface area (Å²) in [7, 11) is 0. The Labute approximate surface area is 189 Å². The Bertz CT molecular complexity index is 1050. The fraction of sp³-hybridized carbons (Fsp3) is 0.296. The van der Waals surface area contributed by atoms with E-state index in [1.54, 1.807) is 29.3 Å². The minimum atomic E-state index is -0.796. The van der Waals surface area contributed by atoms with E-state index < -0.39 is 6.04 Å². The van der Waals surface area contributed by atoms with Gasteiger partial charge in [0.05, 0.1) is 0 Å². The topological polar surface area (TPSA) is 62.3 Å². The molecule has 0 saturated heterocycles. The van der Waals surface area contributed by atoms with Crippen molar-refractivity contribution >= 4 is 17.5 Å². The van der Waals surface area contributed by atoms with Gasteiger partial charge in [-0.1, -0.05) is 67.8 Å². The van der Waals surface area contributed by atoms with E-state index in [1.807, 2.05) is 61.5 Å². The number of nitrogens with one attached hydrogen (secondary N) is 1. The molecule has 3 aromatic rings. The van der Waals surface area contributed by atoms with Crippen LogP contribution < -0.4 is 10.2 Å². The number of amides is 2. The molecule has 0 aliphatic heterocycles. The number of aryl methyl sites for hydroxylation is 1. The molecule has 5 heteroatoms. The maximum atomic E-state index is 13.8. The van der Waals surface area contributed by atoms with Crippen LogP contribution in [0.25, 0.3) is 0 Å². The molecule has 1 aliphatic rings. The fourth-order valence-electron chi connectivity index (χ4n) is 4.40. The zero-order valence-corrected chi connectivity index (χ0v) is 18.4. The Morgan fingerprint density at radius 2 is 1.59 bits per heavy atom. The highest BCUT2D eigenvalue weighted by atomic mass is 16.2. The van der Waals surface area contributed by atoms with Crippen molar-refractivity contribution in [3.63, 3.8) is 0 Å². The molecular formula is C27H29N3O2. The van der Waals surface area contributed by atoms with Gasteiger partial charge in [-0.3, -0.25) is 19.5 Å². The van der Waals surface area contributed by atoms with Crippen LogP contribution in [0, 0.1) is 6.92 Å². The van der Waals surface area contributed by atoms with Crippen molar-refractivity contribution in [2.45, 2.75) is 51.1 Å². The van der Waals surface area contributed by atoms with Gasteiger partial charge in [-0.25, -0.2) is 0 Å². The second kappa shape index (κ2) is 10.2. The van der Waals surface area contributed by atoms with Crippen LogP contribution in [0.4, 0.5) is 5.69 Å². The van der Waals surface area contributed by atoms with E-state index in [9.17, 15) is 9.59 Å². The van der Waals surface area contributed by atoms with Crippen molar-refractivity contribution in [3.8, 4) is 0 Å². The van der Waals surface area contributed by atoms with Crippen LogP contribution in [0.15, 0.2) is 79.0 Å². The third kappa shape index (κ3) is 4.88. The van der Waals surface area contributed by atoms with Crippen LogP contribution in [-0.4, -0.2) is 22.8 Å². The average molecular weight is 428 g/mol. The van der Waals surface area contributed by atoms with E-state index in [-0.39, 0.29) is 17.9 Å². The molecule has 1 aromatic heterocycles. The molecule has 5 nitrogen and oxygen atoms in total. The maximum absolute atomic E-state index is 13.8. The molecule has 1 aliphatic carbocycles. The molecular weight excluding hydrogens is 398 g/mol. The van der Waals surface area contributed by atoms with Gasteiger partial charge < -0.3 is 5.32 Å². The summed E-state index contributed by atoms with van der Waals surface area (Å²) in [6.45, 7) is 1.98. The lowest BCUT2D eigenvalue weighted by Gasteiger charge is -2.34. The molecule has 2 amide bonds. The monoisotopic (exact) mass is 427 g/mol. The molecule has 4 rings (SSSR count). The number of nitrogens with zero attached hydrogens (tertiary/aromatic N) is 2. The number of benzene rings is 2. The first-order valence-corrected chi connectivity index (χ1v) is 11.3. The molecule has 0 bridgehead atoms. The maximum Gasteiger partial charge on any atom is 0.277 e. The summed E-state index contributed by atoms with van der Waals surface area (Å²) in [6, 6.07) is 21.7. The highest BCUT2D eigenvalue weighted by Gasteiger charge is 2.35. The number of pyridine rings is 1. The van der Waals surface area contributed by atoms with E-state index in [1.165, 1.54) is 6.42 Å². The first kappa shape index (κ1) is 21.8. The van der Waals surface area contributed by atoms with Crippen LogP contribution in [-0.2, 0) is 4.79 Å². The van der Waals surface area contributed by atoms with Gasteiger partial charge in [0.25, 0.3) is 5.91 Å². The molecule has 0 unspecified atom stereocenters. The van der Waals surface area contributed by atoms with Gasteiger partial charge in [-0.15, -0.1) is 0 Å². The number of para-hydroxylation sites is 1. The molecule has 1 heterocycles. The van der Waals surface area contributed by atoms with E-state index in [0.717, 1.165) is 36.8 Å². The van der Waals surface area contributed by atoms with E-state index in [4.69, 9.17) is 0 Å². The number of carbonyl (C=O) groups is 2. The van der Waals surface area contributed by atoms with Crippen molar-refractivity contribution in [2.24, 2.45) is 0 Å². The summed E-state index contributed by atoms with van der Waals surface area (Å²) in [5.74, 6) is -0.455. The standard InChI is InChI=1S/C27H29N3O2/c1-20-12-8-9-17-23(20)25(26(31)29-21-13-4-2-5-14-21)30(22-15-6-3-7-16-22)27(32)24-18-10-11-19-28-24/h3,6-12,15-19,21,25H,2,4-5,13-14H2,1H3,(H,29,31)/t25-/m1/s1. The predicted molar refractivity (Wildman–Crippen MR) is 126 cm³/mol. The van der Waals surface area contributed by atoms with Crippen molar-refractivity contribution in [2.75, 3.05) is 4.90 Å². The summed E-state index contributed by atoms with van der Waals surface area (Å²) in [4.78, 5) is 33.4. The normalized spacial score (nSPS) is 15.0. The molecule has 1 fully saturated rings. The number of aromatic nitrogens is 1. The van der Waals surface area contributed by atoms with Crippen LogP contribution in [0.5, 0.6) is 0 Å². The first-order chi connectivity index (χ1) is 15.6. The summed E-state index contributed by atoms with van der Waals surface area (Å²) < 4.78 is 0. The molecule has 0 radical (unpaired) electrons. The second-order valence-electron chi connectivity index (χ2n) is 8.33. The number of hydrogen-bond acceptors (Lipinski definition) is 3. The molecule has 164 valence electrons. The molecule has 1 saturated carbocycles. The van der Waals surface area contributed by atoms with Crippen LogP contribution in [0.2, 0.25) is 0 Å². The third-order valence-corrected chi connectivity index (χ3v) is 6.08. The lowest BCUT2D eigenvalue weighted by molar-refractivity contribution is -0.123. The van der Waals surface area contributed by atoms with Gasteiger partial charge in [0.15, 0.2) is 0 Å². The smallest absolute Gasteiger partial charge is 0.277 e. The molecule has 1 atom stereocenters. The third-order valence-electron chi connectivity index (χ3n) is 6.08. The molecule has 0 spiro atoms. The summed E-state index contributed by atoms with van der Waals surface area (Å²) in [6.07, 6.45) is 7.01. The summed E-state index contributed by atoms with van der Waals surface area (Å²) >= 11 is 0. The average Bonchev–Trinajstić information content (AvgIpc) is 2.84. The Morgan fingerprint density at radius 3 is 2.28 bits per heavy atom. The summed E-state index contributed by atoms with van der Waals surface area (Å²) in [5, 5.41) is 3.25. The number of carbonyl (C=O) groups excluding carboxylic acids is 2. The van der Waals surface area contributed by atoms with Crippen LogP contribution >= 0.6 is 0 Å². The van der Waals surface area contributed by atoms with Gasteiger partial charge in [0, 0.05) is 17.9 Å². The number of hydrogen-bond donors (Lipinski definition) is 1. The van der Waals surface area contributed by atoms with Gasteiger partial charge in [0.1, 0.15) is 11.7 Å². The van der Waals surface area contributed by atoms with Gasteiger partial charge in [0.2, 0.25) is 5.91 Å². The summed E-state index contributed by atoms with van der Waals surface area (Å²) in [5.41, 5.74) is 2.75. The van der Waals surface area contributed by atoms with E-state index in [0.29, 0.717) is 11.4 Å². The minimum absolute atomic E-state index is 0.144.